The molecular formula is C40H37BBr3ClF4O13. The SMILES string of the molecule is BrB(Br)Br.CC(=O)Cl.CC(=O)c1c(O)cc(F)cc1O.COc1cc(F)cc(OC)c1.COc1ccc(C2CC(=O)c3c(O)cc(F)cc3O2)cc1O.Oc1cc(O)cc(F)c1. The van der Waals surface area contributed by atoms with Gasteiger partial charge in [-0.05, 0) is 36.2 Å². The predicted molar refractivity (Wildman–Crippen MR) is 233 cm³/mol. The first-order chi connectivity index (χ1) is 28.9. The highest BCUT2D eigenvalue weighted by Crippen LogP contribution is 2.41. The summed E-state index contributed by atoms with van der Waals surface area (Å²) < 4.78 is 71.0. The third-order valence-corrected chi connectivity index (χ3v) is 7.14. The normalized spacial score (nSPS) is 11.8. The Morgan fingerprint density at radius 2 is 1.10 bits per heavy atom. The van der Waals surface area contributed by atoms with Crippen molar-refractivity contribution in [2.45, 2.75) is 26.4 Å². The van der Waals surface area contributed by atoms with Crippen molar-refractivity contribution in [1.29, 1.82) is 0 Å². The summed E-state index contributed by atoms with van der Waals surface area (Å²) in [6.07, 6.45) is -0.684. The molecule has 1 unspecified atom stereocenters. The highest BCUT2D eigenvalue weighted by molar-refractivity contribution is 9.69. The van der Waals surface area contributed by atoms with Gasteiger partial charge in [0.1, 0.15) is 86.5 Å². The van der Waals surface area contributed by atoms with Crippen LogP contribution in [0.4, 0.5) is 17.6 Å². The zero-order valence-corrected chi connectivity index (χ0v) is 38.4. The molecule has 334 valence electrons. The Bertz CT molecular complexity index is 2210. The number of hydrogen-bond acceptors (Lipinski definition) is 13. The molecule has 1 aliphatic rings. The highest BCUT2D eigenvalue weighted by atomic mass is 79.9. The molecule has 6 N–H and O–H groups in total. The minimum atomic E-state index is -0.782. The molecule has 0 bridgehead atoms. The molecule has 1 aliphatic heterocycles. The summed E-state index contributed by atoms with van der Waals surface area (Å²) in [6.45, 7) is 2.47. The van der Waals surface area contributed by atoms with Gasteiger partial charge in [0, 0.05) is 67.6 Å². The van der Waals surface area contributed by atoms with Gasteiger partial charge >= 0.3 is 3.18 Å². The van der Waals surface area contributed by atoms with E-state index in [1.54, 1.807) is 18.2 Å². The number of phenolic OH excluding ortho intramolecular Hbond substituents is 6. The van der Waals surface area contributed by atoms with E-state index in [9.17, 15) is 42.2 Å². The molecule has 6 rings (SSSR count). The first kappa shape index (κ1) is 54.6. The van der Waals surface area contributed by atoms with Crippen molar-refractivity contribution >= 4 is 78.9 Å². The van der Waals surface area contributed by atoms with Gasteiger partial charge in [-0.25, -0.2) is 17.6 Å². The summed E-state index contributed by atoms with van der Waals surface area (Å²) in [5.41, 5.74) is 0.285. The number of halogens is 8. The van der Waals surface area contributed by atoms with Gasteiger partial charge in [-0.2, -0.15) is 0 Å². The number of rotatable bonds is 5. The van der Waals surface area contributed by atoms with Crippen LogP contribution in [0.5, 0.6) is 57.5 Å². The van der Waals surface area contributed by atoms with E-state index in [2.05, 4.69) is 58.9 Å². The summed E-state index contributed by atoms with van der Waals surface area (Å²) in [5, 5.41) is 54.4. The highest BCUT2D eigenvalue weighted by Gasteiger charge is 2.31. The number of methoxy groups -OCH3 is 3. The molecule has 0 radical (unpaired) electrons. The molecular weight excluding hydrogens is 1050 g/mol. The van der Waals surface area contributed by atoms with Crippen LogP contribution in [0.15, 0.2) is 78.9 Å². The number of fused-ring (bicyclic) bond motifs is 1. The van der Waals surface area contributed by atoms with E-state index in [1.165, 1.54) is 53.4 Å². The molecule has 0 amide bonds. The van der Waals surface area contributed by atoms with Gasteiger partial charge in [0.2, 0.25) is 5.24 Å². The molecule has 1 heterocycles. The summed E-state index contributed by atoms with van der Waals surface area (Å²) in [7, 11) is 4.39. The largest absolute Gasteiger partial charge is 0.508 e. The first-order valence-corrected chi connectivity index (χ1v) is 20.0. The summed E-state index contributed by atoms with van der Waals surface area (Å²) in [4.78, 5) is 32.1. The van der Waals surface area contributed by atoms with Crippen LogP contribution in [0, 0.1) is 23.3 Å². The van der Waals surface area contributed by atoms with Crippen molar-refractivity contribution in [3.63, 3.8) is 0 Å². The topological polar surface area (TPSA) is 210 Å². The van der Waals surface area contributed by atoms with Crippen molar-refractivity contribution < 1.29 is 81.5 Å². The van der Waals surface area contributed by atoms with Crippen LogP contribution in [0.1, 0.15) is 52.7 Å². The second kappa shape index (κ2) is 26.8. The Balaban J connectivity index is 0.000000412. The summed E-state index contributed by atoms with van der Waals surface area (Å²) >= 11 is 13.9. The van der Waals surface area contributed by atoms with E-state index < -0.39 is 46.6 Å². The zero-order chi connectivity index (χ0) is 47.4. The maximum absolute atomic E-state index is 13.4. The molecule has 5 aromatic carbocycles. The predicted octanol–water partition coefficient (Wildman–Crippen LogP) is 10.4. The summed E-state index contributed by atoms with van der Waals surface area (Å²) in [6, 6.07) is 15.2. The average Bonchev–Trinajstić information content (AvgIpc) is 3.13. The number of ether oxygens (including phenoxy) is 4. The Morgan fingerprint density at radius 3 is 1.52 bits per heavy atom. The molecule has 0 aromatic heterocycles. The van der Waals surface area contributed by atoms with Gasteiger partial charge < -0.3 is 49.6 Å². The molecule has 5 aromatic rings. The number of carbonyl (C=O) groups excluding carboxylic acids is 3. The number of ketones is 2. The smallest absolute Gasteiger partial charge is 0.369 e. The number of benzene rings is 5. The van der Waals surface area contributed by atoms with E-state index in [0.717, 1.165) is 42.5 Å². The summed E-state index contributed by atoms with van der Waals surface area (Å²) in [5.74, 6) is -4.26. The van der Waals surface area contributed by atoms with Crippen molar-refractivity contribution in [2.75, 3.05) is 21.3 Å². The van der Waals surface area contributed by atoms with E-state index in [-0.39, 0.29) is 60.6 Å². The minimum Gasteiger partial charge on any atom is -0.508 e. The quantitative estimate of drug-likeness (QED) is 0.0419. The molecule has 0 saturated carbocycles. The van der Waals surface area contributed by atoms with Crippen LogP contribution in [-0.2, 0) is 4.79 Å². The van der Waals surface area contributed by atoms with E-state index in [4.69, 9.17) is 39.4 Å². The molecule has 0 aliphatic carbocycles. The van der Waals surface area contributed by atoms with E-state index >= 15 is 0 Å². The average molecular weight is 1090 g/mol. The third kappa shape index (κ3) is 19.6. The fraction of sp³-hybridized carbons (Fsp3) is 0.175. The maximum Gasteiger partial charge on any atom is 0.369 e. The third-order valence-electron chi connectivity index (χ3n) is 7.14. The molecule has 1 atom stereocenters. The molecule has 0 fully saturated rings. The van der Waals surface area contributed by atoms with Crippen LogP contribution in [-0.4, -0.2) is 72.0 Å². The van der Waals surface area contributed by atoms with Crippen LogP contribution < -0.4 is 18.9 Å². The van der Waals surface area contributed by atoms with Gasteiger partial charge in [-0.15, -0.1) is 47.3 Å². The van der Waals surface area contributed by atoms with Crippen LogP contribution in [0.25, 0.3) is 0 Å². The molecule has 62 heavy (non-hydrogen) atoms. The zero-order valence-electron chi connectivity index (χ0n) is 32.9. The second-order valence-electron chi connectivity index (χ2n) is 11.8. The molecule has 13 nitrogen and oxygen atoms in total. The van der Waals surface area contributed by atoms with Crippen molar-refractivity contribution in [3.8, 4) is 57.5 Å². The monoisotopic (exact) mass is 1080 g/mol. The van der Waals surface area contributed by atoms with Crippen molar-refractivity contribution in [1.82, 2.24) is 0 Å². The maximum atomic E-state index is 13.4. The molecule has 22 heteroatoms. The lowest BCUT2D eigenvalue weighted by atomic mass is 9.95. The van der Waals surface area contributed by atoms with Crippen LogP contribution in [0.2, 0.25) is 0 Å². The van der Waals surface area contributed by atoms with Gasteiger partial charge in [0.25, 0.3) is 0 Å². The van der Waals surface area contributed by atoms with Crippen LogP contribution >= 0.6 is 58.9 Å². The lowest BCUT2D eigenvalue weighted by molar-refractivity contribution is -0.109. The van der Waals surface area contributed by atoms with Gasteiger partial charge in [-0.3, -0.25) is 14.4 Å². The Hall–Kier alpha value is -5.38. The lowest BCUT2D eigenvalue weighted by Gasteiger charge is -2.26. The Morgan fingerprint density at radius 1 is 0.661 bits per heavy atom. The fourth-order valence-electron chi connectivity index (χ4n) is 4.77. The van der Waals surface area contributed by atoms with Crippen molar-refractivity contribution in [2.24, 2.45) is 0 Å². The van der Waals surface area contributed by atoms with Gasteiger partial charge in [-0.1, -0.05) is 6.07 Å². The Labute approximate surface area is 382 Å². The fourth-order valence-corrected chi connectivity index (χ4v) is 4.77. The van der Waals surface area contributed by atoms with Crippen LogP contribution in [0.3, 0.4) is 0 Å². The first-order valence-electron chi connectivity index (χ1n) is 16.9. The Kier molecular flexibility index (Phi) is 23.7. The number of phenols is 6. The lowest BCUT2D eigenvalue weighted by Crippen LogP contribution is -2.20. The number of Topliss-reactive ketones (excluding diaryl/α,β-unsaturated/α-hetero) is 2. The number of aromatic hydroxyl groups is 6. The van der Waals surface area contributed by atoms with Gasteiger partial charge in [0.15, 0.2) is 23.1 Å². The molecule has 0 saturated heterocycles. The van der Waals surface area contributed by atoms with E-state index in [1.807, 2.05) is 0 Å². The minimum absolute atomic E-state index is 0.00550. The van der Waals surface area contributed by atoms with E-state index in [0.29, 0.717) is 22.8 Å². The van der Waals surface area contributed by atoms with Gasteiger partial charge in [0.05, 0.1) is 27.8 Å². The number of hydrogen-bond donors (Lipinski definition) is 6. The number of carbonyl (C=O) groups is 3. The standard InChI is InChI=1S/C16H13FO5.C8H7FO3.C8H9FO2.C6H5FO2.C2H3ClO.BBr3/c1-21-13-3-2-8(4-10(13)18)14-7-12(20)16-11(19)5-9(17)6-15(16)22-14;1-4(10)8-6(11)2-5(9)3-7(8)12;1-10-7-3-6(9)4-8(5-7)11-2;7-4-1-5(8)3-6(9)2-4;1-2(3)4;2-1(3)4/h2-6,14,18-19H,7H2,1H3;2-3,11-12H,1H3;3-5H,1-2H3;1-3,8-9H;1H3;. The molecule has 0 spiro atoms. The van der Waals surface area contributed by atoms with Crippen molar-refractivity contribution in [3.05, 3.63) is 119 Å². The second-order valence-corrected chi connectivity index (χ2v) is 18.7.